The number of carbonyl (C=O) groups excluding carboxylic acids is 1. The molecule has 0 N–H and O–H groups in total. The lowest BCUT2D eigenvalue weighted by atomic mass is 10.4. The molecule has 5 nitrogen and oxygen atoms in total. The van der Waals surface area contributed by atoms with Crippen molar-refractivity contribution in [1.82, 2.24) is 4.90 Å². The molecular weight excluding hydrogens is 222 g/mol. The van der Waals surface area contributed by atoms with Crippen LogP contribution in [-0.2, 0) is 19.0 Å². The number of methoxy groups -OCH3 is 1. The van der Waals surface area contributed by atoms with E-state index in [1.165, 1.54) is 0 Å². The van der Waals surface area contributed by atoms with Crippen LogP contribution in [0.1, 0.15) is 20.3 Å². The van der Waals surface area contributed by atoms with Gasteiger partial charge in [0, 0.05) is 20.2 Å². The second-order valence-electron chi connectivity index (χ2n) is 3.63. The van der Waals surface area contributed by atoms with Crippen molar-refractivity contribution in [3.8, 4) is 0 Å². The summed E-state index contributed by atoms with van der Waals surface area (Å²) in [5, 5.41) is 0. The molecule has 17 heavy (non-hydrogen) atoms. The Balaban J connectivity index is 3.43. The molecule has 1 amide bonds. The van der Waals surface area contributed by atoms with Gasteiger partial charge in [-0.3, -0.25) is 4.79 Å². The minimum absolute atomic E-state index is 0.0474. The van der Waals surface area contributed by atoms with Gasteiger partial charge in [0.05, 0.1) is 26.4 Å². The molecule has 0 aromatic heterocycles. The highest BCUT2D eigenvalue weighted by Gasteiger charge is 2.09. The van der Waals surface area contributed by atoms with Gasteiger partial charge in [-0.15, -0.1) is 0 Å². The summed E-state index contributed by atoms with van der Waals surface area (Å²) >= 11 is 0. The fraction of sp³-hybridized carbons (Fsp3) is 0.917. The first-order valence-corrected chi connectivity index (χ1v) is 6.18. The number of hydrogen-bond acceptors (Lipinski definition) is 4. The van der Waals surface area contributed by atoms with Crippen LogP contribution < -0.4 is 0 Å². The van der Waals surface area contributed by atoms with Crippen molar-refractivity contribution in [2.24, 2.45) is 0 Å². The SMILES string of the molecule is CCCN(CC)C(=O)COCCOCCOC. The molecule has 102 valence electrons. The molecule has 0 saturated carbocycles. The second kappa shape index (κ2) is 11.8. The van der Waals surface area contributed by atoms with Crippen molar-refractivity contribution < 1.29 is 19.0 Å². The zero-order chi connectivity index (χ0) is 12.9. The molecule has 0 aromatic rings. The molecule has 0 aromatic carbocycles. The number of carbonyl (C=O) groups is 1. The summed E-state index contributed by atoms with van der Waals surface area (Å²) in [4.78, 5) is 13.4. The van der Waals surface area contributed by atoms with Crippen LogP contribution in [0.2, 0.25) is 0 Å². The zero-order valence-corrected chi connectivity index (χ0v) is 11.2. The molecule has 0 atom stereocenters. The molecule has 0 unspecified atom stereocenters. The molecule has 0 radical (unpaired) electrons. The average molecular weight is 247 g/mol. The highest BCUT2D eigenvalue weighted by Crippen LogP contribution is 1.93. The minimum atomic E-state index is 0.0474. The number of likely N-dealkylation sites (N-methyl/N-ethyl adjacent to an activating group) is 1. The quantitative estimate of drug-likeness (QED) is 0.510. The molecule has 5 heteroatoms. The Kier molecular flexibility index (Phi) is 11.4. The largest absolute Gasteiger partial charge is 0.382 e. The second-order valence-corrected chi connectivity index (χ2v) is 3.63. The molecule has 0 aliphatic heterocycles. The first-order chi connectivity index (χ1) is 8.26. The number of amides is 1. The third-order valence-electron chi connectivity index (χ3n) is 2.26. The number of rotatable bonds is 11. The monoisotopic (exact) mass is 247 g/mol. The lowest BCUT2D eigenvalue weighted by Crippen LogP contribution is -2.34. The van der Waals surface area contributed by atoms with E-state index >= 15 is 0 Å². The highest BCUT2D eigenvalue weighted by atomic mass is 16.5. The Morgan fingerprint density at radius 1 is 1.06 bits per heavy atom. The van der Waals surface area contributed by atoms with Crippen molar-refractivity contribution in [1.29, 1.82) is 0 Å². The maximum atomic E-state index is 11.6. The van der Waals surface area contributed by atoms with E-state index in [0.717, 1.165) is 19.5 Å². The normalized spacial score (nSPS) is 10.5. The molecule has 0 aliphatic rings. The standard InChI is InChI=1S/C12H25NO4/c1-4-6-13(5-2)12(14)11-17-10-9-16-8-7-15-3/h4-11H2,1-3H3. The summed E-state index contributed by atoms with van der Waals surface area (Å²) in [5.74, 6) is 0.0474. The zero-order valence-electron chi connectivity index (χ0n) is 11.2. The van der Waals surface area contributed by atoms with Gasteiger partial charge < -0.3 is 19.1 Å². The summed E-state index contributed by atoms with van der Waals surface area (Å²) in [7, 11) is 1.63. The lowest BCUT2D eigenvalue weighted by molar-refractivity contribution is -0.136. The van der Waals surface area contributed by atoms with Crippen molar-refractivity contribution in [2.45, 2.75) is 20.3 Å². The smallest absolute Gasteiger partial charge is 0.248 e. The first kappa shape index (κ1) is 16.4. The van der Waals surface area contributed by atoms with Crippen molar-refractivity contribution >= 4 is 5.91 Å². The Bertz CT molecular complexity index is 187. The predicted octanol–water partition coefficient (Wildman–Crippen LogP) is 0.925. The predicted molar refractivity (Wildman–Crippen MR) is 66.1 cm³/mol. The van der Waals surface area contributed by atoms with E-state index in [9.17, 15) is 4.79 Å². The maximum absolute atomic E-state index is 11.6. The number of hydrogen-bond donors (Lipinski definition) is 0. The third-order valence-corrected chi connectivity index (χ3v) is 2.26. The molecule has 0 aliphatic carbocycles. The Hall–Kier alpha value is -0.650. The number of ether oxygens (including phenoxy) is 3. The number of nitrogens with zero attached hydrogens (tertiary/aromatic N) is 1. The first-order valence-electron chi connectivity index (χ1n) is 6.18. The highest BCUT2D eigenvalue weighted by molar-refractivity contribution is 5.77. The third kappa shape index (κ3) is 9.09. The van der Waals surface area contributed by atoms with E-state index in [1.807, 2.05) is 6.92 Å². The molecule has 0 saturated heterocycles. The molecule has 0 fully saturated rings. The van der Waals surface area contributed by atoms with Crippen LogP contribution in [0, 0.1) is 0 Å². The Labute approximate surface area is 104 Å². The van der Waals surface area contributed by atoms with Gasteiger partial charge in [0.15, 0.2) is 0 Å². The van der Waals surface area contributed by atoms with Gasteiger partial charge in [-0.2, -0.15) is 0 Å². The van der Waals surface area contributed by atoms with Gasteiger partial charge in [-0.1, -0.05) is 6.92 Å². The van der Waals surface area contributed by atoms with Gasteiger partial charge in [0.2, 0.25) is 5.91 Å². The van der Waals surface area contributed by atoms with E-state index in [2.05, 4.69) is 6.92 Å². The van der Waals surface area contributed by atoms with E-state index in [1.54, 1.807) is 12.0 Å². The lowest BCUT2D eigenvalue weighted by Gasteiger charge is -2.19. The summed E-state index contributed by atoms with van der Waals surface area (Å²) in [6.45, 7) is 7.78. The van der Waals surface area contributed by atoms with Crippen LogP contribution in [0.25, 0.3) is 0 Å². The van der Waals surface area contributed by atoms with E-state index in [-0.39, 0.29) is 12.5 Å². The molecule has 0 spiro atoms. The minimum Gasteiger partial charge on any atom is -0.382 e. The van der Waals surface area contributed by atoms with Gasteiger partial charge in [0.25, 0.3) is 0 Å². The maximum Gasteiger partial charge on any atom is 0.248 e. The van der Waals surface area contributed by atoms with Crippen LogP contribution in [0.5, 0.6) is 0 Å². The van der Waals surface area contributed by atoms with Gasteiger partial charge in [0.1, 0.15) is 6.61 Å². The molecule has 0 heterocycles. The summed E-state index contributed by atoms with van der Waals surface area (Å²) in [5.41, 5.74) is 0. The van der Waals surface area contributed by atoms with Crippen LogP contribution in [0.3, 0.4) is 0 Å². The topological polar surface area (TPSA) is 48.0 Å². The summed E-state index contributed by atoms with van der Waals surface area (Å²) in [6, 6.07) is 0. The van der Waals surface area contributed by atoms with Crippen molar-refractivity contribution in [3.63, 3.8) is 0 Å². The van der Waals surface area contributed by atoms with E-state index in [0.29, 0.717) is 26.4 Å². The van der Waals surface area contributed by atoms with E-state index < -0.39 is 0 Å². The molecular formula is C12H25NO4. The van der Waals surface area contributed by atoms with Gasteiger partial charge >= 0.3 is 0 Å². The molecule has 0 rings (SSSR count). The van der Waals surface area contributed by atoms with Crippen LogP contribution >= 0.6 is 0 Å². The molecule has 0 bridgehead atoms. The van der Waals surface area contributed by atoms with Crippen LogP contribution in [-0.4, -0.2) is 64.0 Å². The Morgan fingerprint density at radius 2 is 1.71 bits per heavy atom. The summed E-state index contributed by atoms with van der Waals surface area (Å²) < 4.78 is 15.3. The fourth-order valence-electron chi connectivity index (χ4n) is 1.34. The van der Waals surface area contributed by atoms with Crippen molar-refractivity contribution in [3.05, 3.63) is 0 Å². The van der Waals surface area contributed by atoms with Crippen LogP contribution in [0.15, 0.2) is 0 Å². The van der Waals surface area contributed by atoms with Crippen LogP contribution in [0.4, 0.5) is 0 Å². The Morgan fingerprint density at radius 3 is 2.29 bits per heavy atom. The summed E-state index contributed by atoms with van der Waals surface area (Å²) in [6.07, 6.45) is 0.972. The average Bonchev–Trinajstić information content (AvgIpc) is 2.34. The van der Waals surface area contributed by atoms with Gasteiger partial charge in [-0.05, 0) is 13.3 Å². The fourth-order valence-corrected chi connectivity index (χ4v) is 1.34. The van der Waals surface area contributed by atoms with Crippen molar-refractivity contribution in [2.75, 3.05) is 53.2 Å². The van der Waals surface area contributed by atoms with Gasteiger partial charge in [-0.25, -0.2) is 0 Å². The van der Waals surface area contributed by atoms with E-state index in [4.69, 9.17) is 14.2 Å².